The molecule has 0 saturated carbocycles. The topological polar surface area (TPSA) is 128 Å². The summed E-state index contributed by atoms with van der Waals surface area (Å²) in [7, 11) is -3.25. The third-order valence-electron chi connectivity index (χ3n) is 5.74. The lowest BCUT2D eigenvalue weighted by atomic mass is 10.0. The Kier molecular flexibility index (Phi) is 5.94. The summed E-state index contributed by atoms with van der Waals surface area (Å²) in [5.74, 6) is -1.30. The van der Waals surface area contributed by atoms with Crippen LogP contribution < -0.4 is 21.0 Å². The Hall–Kier alpha value is -2.95. The molecule has 0 radical (unpaired) electrons. The number of carbonyl (C=O) groups excluding carboxylic acids is 2. The van der Waals surface area contributed by atoms with Gasteiger partial charge < -0.3 is 15.5 Å². The molecule has 4 N–H and O–H groups in total. The Labute approximate surface area is 180 Å². The van der Waals surface area contributed by atoms with Gasteiger partial charge in [-0.1, -0.05) is 24.3 Å². The van der Waals surface area contributed by atoms with Gasteiger partial charge in [0.15, 0.2) is 9.84 Å². The van der Waals surface area contributed by atoms with E-state index in [0.717, 1.165) is 5.56 Å². The van der Waals surface area contributed by atoms with Crippen LogP contribution in [0.25, 0.3) is 0 Å². The van der Waals surface area contributed by atoms with Crippen molar-refractivity contribution in [1.82, 2.24) is 16.1 Å². The van der Waals surface area contributed by atoms with E-state index in [-0.39, 0.29) is 11.7 Å². The van der Waals surface area contributed by atoms with Crippen LogP contribution in [0.15, 0.2) is 53.4 Å². The number of amides is 2. The average Bonchev–Trinajstić information content (AvgIpc) is 3.24. The van der Waals surface area contributed by atoms with E-state index >= 15 is 0 Å². The minimum atomic E-state index is -3.25. The Bertz CT molecular complexity index is 1090. The van der Waals surface area contributed by atoms with Gasteiger partial charge in [-0.2, -0.15) is 0 Å². The first-order valence-corrected chi connectivity index (χ1v) is 11.7. The highest BCUT2D eigenvalue weighted by Crippen LogP contribution is 2.31. The number of nitrogens with one attached hydrogen (secondary N) is 3. The molecule has 31 heavy (non-hydrogen) atoms. The highest BCUT2D eigenvalue weighted by molar-refractivity contribution is 7.91. The van der Waals surface area contributed by atoms with E-state index in [4.69, 9.17) is 5.21 Å². The summed E-state index contributed by atoms with van der Waals surface area (Å²) < 4.78 is 24.6. The number of para-hydroxylation sites is 1. The molecule has 2 atom stereocenters. The van der Waals surface area contributed by atoms with Crippen LogP contribution in [0, 0.1) is 5.92 Å². The molecule has 4 rings (SSSR count). The fourth-order valence-electron chi connectivity index (χ4n) is 4.03. The summed E-state index contributed by atoms with van der Waals surface area (Å²) in [6.45, 7) is 1.76. The Morgan fingerprint density at radius 3 is 2.58 bits per heavy atom. The second-order valence-corrected chi connectivity index (χ2v) is 9.80. The molecule has 0 aromatic heterocycles. The summed E-state index contributed by atoms with van der Waals surface area (Å²) in [6, 6.07) is 13.7. The molecule has 9 nitrogen and oxygen atoms in total. The first kappa shape index (κ1) is 21.3. The first-order chi connectivity index (χ1) is 14.9. The number of fused-ring (bicyclic) bond motifs is 1. The van der Waals surface area contributed by atoms with Crippen LogP contribution >= 0.6 is 0 Å². The van der Waals surface area contributed by atoms with Crippen molar-refractivity contribution in [2.24, 2.45) is 5.92 Å². The van der Waals surface area contributed by atoms with Gasteiger partial charge in [0.05, 0.1) is 28.3 Å². The van der Waals surface area contributed by atoms with Crippen molar-refractivity contribution in [3.05, 3.63) is 59.7 Å². The molecule has 2 aromatic carbocycles. The molecule has 1 fully saturated rings. The predicted octanol–water partition coefficient (Wildman–Crippen LogP) is 0.304. The smallest absolute Gasteiger partial charge is 0.251 e. The summed E-state index contributed by atoms with van der Waals surface area (Å²) in [5, 5.41) is 14.7. The van der Waals surface area contributed by atoms with E-state index in [0.29, 0.717) is 42.3 Å². The zero-order valence-corrected chi connectivity index (χ0v) is 17.6. The number of hydrogen-bond acceptors (Lipinski definition) is 7. The van der Waals surface area contributed by atoms with Gasteiger partial charge in [0, 0.05) is 31.7 Å². The summed E-state index contributed by atoms with van der Waals surface area (Å²) in [5.41, 5.74) is 3.74. The second-order valence-electron chi connectivity index (χ2n) is 7.73. The van der Waals surface area contributed by atoms with Gasteiger partial charge in [0.25, 0.3) is 5.91 Å². The van der Waals surface area contributed by atoms with E-state index < -0.39 is 27.7 Å². The van der Waals surface area contributed by atoms with Crippen LogP contribution in [0.1, 0.15) is 15.9 Å². The first-order valence-electron chi connectivity index (χ1n) is 10.0. The maximum atomic E-state index is 12.6. The standard InChI is InChI=1S/C21H24N4O5S/c26-20(23-17-12-22-11-16(17)21(27)24-28)15-7-5-14(6-8-15)13-25-9-10-31(29,30)19-4-2-1-3-18(19)25/h1-8,16-17,22,28H,9-13H2,(H,23,26)(H,24,27)/t16-,17+/m0/s1. The molecular weight excluding hydrogens is 420 g/mol. The van der Waals surface area contributed by atoms with Gasteiger partial charge in [0.2, 0.25) is 5.91 Å². The molecule has 0 unspecified atom stereocenters. The molecule has 2 aliphatic heterocycles. The normalized spacial score (nSPS) is 21.9. The highest BCUT2D eigenvalue weighted by Gasteiger charge is 2.34. The number of nitrogens with zero attached hydrogens (tertiary/aromatic N) is 1. The van der Waals surface area contributed by atoms with Crippen LogP contribution in [-0.2, 0) is 21.2 Å². The Morgan fingerprint density at radius 1 is 1.10 bits per heavy atom. The van der Waals surface area contributed by atoms with Crippen molar-refractivity contribution in [3.63, 3.8) is 0 Å². The average molecular weight is 445 g/mol. The van der Waals surface area contributed by atoms with Crippen molar-refractivity contribution < 1.29 is 23.2 Å². The maximum Gasteiger partial charge on any atom is 0.251 e. The molecule has 2 heterocycles. The summed E-state index contributed by atoms with van der Waals surface area (Å²) in [4.78, 5) is 26.7. The number of rotatable bonds is 5. The summed E-state index contributed by atoms with van der Waals surface area (Å²) in [6.07, 6.45) is 0. The quantitative estimate of drug-likeness (QED) is 0.386. The van der Waals surface area contributed by atoms with Crippen molar-refractivity contribution in [2.45, 2.75) is 17.5 Å². The minimum Gasteiger partial charge on any atom is -0.365 e. The van der Waals surface area contributed by atoms with Crippen molar-refractivity contribution >= 4 is 27.3 Å². The second kappa shape index (κ2) is 8.66. The zero-order valence-electron chi connectivity index (χ0n) is 16.7. The number of benzene rings is 2. The fourth-order valence-corrected chi connectivity index (χ4v) is 5.51. The van der Waals surface area contributed by atoms with Crippen LogP contribution in [0.4, 0.5) is 5.69 Å². The molecule has 164 valence electrons. The van der Waals surface area contributed by atoms with Gasteiger partial charge in [-0.25, -0.2) is 13.9 Å². The van der Waals surface area contributed by atoms with E-state index in [1.54, 1.807) is 29.7 Å². The largest absolute Gasteiger partial charge is 0.365 e. The minimum absolute atomic E-state index is 0.0719. The van der Waals surface area contributed by atoms with Crippen molar-refractivity contribution in [1.29, 1.82) is 0 Å². The maximum absolute atomic E-state index is 12.6. The zero-order chi connectivity index (χ0) is 22.0. The SMILES string of the molecule is O=C(N[C@@H]1CNC[C@@H]1C(=O)NO)c1ccc(CN2CCS(=O)(=O)c3ccccc32)cc1. The molecule has 0 aliphatic carbocycles. The van der Waals surface area contributed by atoms with Gasteiger partial charge in [-0.05, 0) is 29.8 Å². The third kappa shape index (κ3) is 4.41. The molecular formula is C21H24N4O5S. The van der Waals surface area contributed by atoms with Gasteiger partial charge in [0.1, 0.15) is 0 Å². The Morgan fingerprint density at radius 2 is 1.84 bits per heavy atom. The van der Waals surface area contributed by atoms with E-state index in [9.17, 15) is 18.0 Å². The van der Waals surface area contributed by atoms with E-state index in [1.165, 1.54) is 0 Å². The highest BCUT2D eigenvalue weighted by atomic mass is 32.2. The molecule has 0 bridgehead atoms. The monoisotopic (exact) mass is 444 g/mol. The third-order valence-corrected chi connectivity index (χ3v) is 7.47. The van der Waals surface area contributed by atoms with Crippen LogP contribution in [0.5, 0.6) is 0 Å². The molecule has 2 aromatic rings. The lowest BCUT2D eigenvalue weighted by Crippen LogP contribution is -2.45. The number of carbonyl (C=O) groups is 2. The van der Waals surface area contributed by atoms with Crippen molar-refractivity contribution in [2.75, 3.05) is 30.3 Å². The lowest BCUT2D eigenvalue weighted by Gasteiger charge is -2.31. The molecule has 2 amide bonds. The lowest BCUT2D eigenvalue weighted by molar-refractivity contribution is -0.133. The van der Waals surface area contributed by atoms with Crippen molar-refractivity contribution in [3.8, 4) is 0 Å². The van der Waals surface area contributed by atoms with Gasteiger partial charge in [-0.3, -0.25) is 14.8 Å². The summed E-state index contributed by atoms with van der Waals surface area (Å²) >= 11 is 0. The fraction of sp³-hybridized carbons (Fsp3) is 0.333. The Balaban J connectivity index is 1.43. The number of anilines is 1. The molecule has 2 aliphatic rings. The van der Waals surface area contributed by atoms with E-state index in [2.05, 4.69) is 10.6 Å². The molecule has 1 saturated heterocycles. The van der Waals surface area contributed by atoms with Gasteiger partial charge >= 0.3 is 0 Å². The van der Waals surface area contributed by atoms with Crippen LogP contribution in [-0.4, -0.2) is 56.9 Å². The predicted molar refractivity (Wildman–Crippen MR) is 114 cm³/mol. The molecule has 10 heteroatoms. The van der Waals surface area contributed by atoms with E-state index in [1.807, 2.05) is 29.2 Å². The number of sulfone groups is 1. The number of hydroxylamine groups is 1. The van der Waals surface area contributed by atoms with Gasteiger partial charge in [-0.15, -0.1) is 0 Å². The molecule has 0 spiro atoms. The van der Waals surface area contributed by atoms with Crippen LogP contribution in [0.3, 0.4) is 0 Å². The van der Waals surface area contributed by atoms with Crippen LogP contribution in [0.2, 0.25) is 0 Å². The number of hydrogen-bond donors (Lipinski definition) is 4.